The lowest BCUT2D eigenvalue weighted by atomic mass is 10.3. The first-order valence-corrected chi connectivity index (χ1v) is 3.30. The minimum atomic E-state index is -0.0505. The molecule has 0 bridgehead atoms. The van der Waals surface area contributed by atoms with Crippen LogP contribution in [-0.4, -0.2) is 23.2 Å². The molecule has 1 amide bonds. The van der Waals surface area contributed by atoms with E-state index < -0.39 is 0 Å². The number of hydrogen-bond acceptors (Lipinski definition) is 3. The lowest BCUT2D eigenvalue weighted by Crippen LogP contribution is -2.20. The molecule has 0 aliphatic heterocycles. The second-order valence-electron chi connectivity index (χ2n) is 2.06. The van der Waals surface area contributed by atoms with Gasteiger partial charge in [0.15, 0.2) is 0 Å². The third-order valence-electron chi connectivity index (χ3n) is 1.25. The second kappa shape index (κ2) is 3.65. The number of nitrogens with one attached hydrogen (secondary N) is 1. The molecule has 0 aliphatic rings. The van der Waals surface area contributed by atoms with Crippen LogP contribution in [0.25, 0.3) is 0 Å². The third-order valence-corrected chi connectivity index (χ3v) is 1.25. The number of amides is 1. The van der Waals surface area contributed by atoms with Crippen molar-refractivity contribution in [3.05, 3.63) is 24.0 Å². The Kier molecular flexibility index (Phi) is 2.54. The molecule has 0 fully saturated rings. The highest BCUT2D eigenvalue weighted by molar-refractivity contribution is 5.77. The Bertz CT molecular complexity index is 235. The van der Waals surface area contributed by atoms with Gasteiger partial charge in [0.05, 0.1) is 12.1 Å². The maximum Gasteiger partial charge on any atom is 0.225 e. The maximum atomic E-state index is 10.8. The van der Waals surface area contributed by atoms with Gasteiger partial charge in [0, 0.05) is 13.2 Å². The zero-order chi connectivity index (χ0) is 8.10. The normalized spacial score (nSPS) is 9.18. The molecule has 0 aliphatic carbocycles. The van der Waals surface area contributed by atoms with Crippen LogP contribution in [-0.2, 0) is 11.2 Å². The Hall–Kier alpha value is -1.45. The van der Waals surface area contributed by atoms with Gasteiger partial charge in [-0.2, -0.15) is 10.2 Å². The van der Waals surface area contributed by atoms with Gasteiger partial charge in [-0.1, -0.05) is 0 Å². The van der Waals surface area contributed by atoms with Crippen molar-refractivity contribution in [1.82, 2.24) is 15.5 Å². The van der Waals surface area contributed by atoms with Gasteiger partial charge in [-0.25, -0.2) is 0 Å². The molecule has 1 rings (SSSR count). The van der Waals surface area contributed by atoms with Crippen molar-refractivity contribution < 1.29 is 4.79 Å². The molecule has 0 atom stereocenters. The van der Waals surface area contributed by atoms with Gasteiger partial charge in [-0.05, 0) is 12.1 Å². The third kappa shape index (κ3) is 2.33. The van der Waals surface area contributed by atoms with Gasteiger partial charge in [-0.3, -0.25) is 4.79 Å². The van der Waals surface area contributed by atoms with E-state index >= 15 is 0 Å². The molecule has 0 unspecified atom stereocenters. The van der Waals surface area contributed by atoms with Crippen LogP contribution in [0.3, 0.4) is 0 Å². The van der Waals surface area contributed by atoms with Gasteiger partial charge in [0.1, 0.15) is 0 Å². The largest absolute Gasteiger partial charge is 0.359 e. The summed E-state index contributed by atoms with van der Waals surface area (Å²) in [5, 5.41) is 9.90. The molecule has 1 aromatic heterocycles. The maximum absolute atomic E-state index is 10.8. The van der Waals surface area contributed by atoms with Gasteiger partial charge in [-0.15, -0.1) is 0 Å². The summed E-state index contributed by atoms with van der Waals surface area (Å²) in [5.74, 6) is -0.0505. The number of rotatable bonds is 2. The molecule has 0 saturated carbocycles. The van der Waals surface area contributed by atoms with Crippen LogP contribution < -0.4 is 5.32 Å². The molecule has 4 heteroatoms. The number of likely N-dealkylation sites (N-methyl/N-ethyl adjacent to an activating group) is 1. The van der Waals surface area contributed by atoms with Crippen LogP contribution in [0.5, 0.6) is 0 Å². The summed E-state index contributed by atoms with van der Waals surface area (Å²) < 4.78 is 0. The molecule has 0 spiro atoms. The Balaban J connectivity index is 2.58. The summed E-state index contributed by atoms with van der Waals surface area (Å²) in [6, 6.07) is 3.52. The Labute approximate surface area is 64.6 Å². The zero-order valence-corrected chi connectivity index (χ0v) is 6.24. The van der Waals surface area contributed by atoms with E-state index in [0.717, 1.165) is 0 Å². The van der Waals surface area contributed by atoms with Crippen LogP contribution in [0, 0.1) is 0 Å². The standard InChI is InChI=1S/C7H9N3O/c1-8-7(11)5-6-3-2-4-9-10-6/h2-4H,5H2,1H3,(H,8,11). The summed E-state index contributed by atoms with van der Waals surface area (Å²) in [6.45, 7) is 0. The monoisotopic (exact) mass is 151 g/mol. The van der Waals surface area contributed by atoms with Crippen molar-refractivity contribution in [3.63, 3.8) is 0 Å². The first-order valence-electron chi connectivity index (χ1n) is 3.30. The molecule has 1 aromatic rings. The number of carbonyl (C=O) groups is 1. The van der Waals surface area contributed by atoms with Crippen molar-refractivity contribution in [2.24, 2.45) is 0 Å². The Morgan fingerprint density at radius 3 is 3.09 bits per heavy atom. The van der Waals surface area contributed by atoms with Crippen LogP contribution in [0.1, 0.15) is 5.69 Å². The van der Waals surface area contributed by atoms with Crippen molar-refractivity contribution in [2.75, 3.05) is 7.05 Å². The molecule has 0 radical (unpaired) electrons. The van der Waals surface area contributed by atoms with Crippen LogP contribution in [0.4, 0.5) is 0 Å². The summed E-state index contributed by atoms with van der Waals surface area (Å²) in [5.41, 5.74) is 0.687. The molecule has 4 nitrogen and oxygen atoms in total. The molecule has 58 valence electrons. The number of aromatic nitrogens is 2. The van der Waals surface area contributed by atoms with Crippen molar-refractivity contribution in [3.8, 4) is 0 Å². The van der Waals surface area contributed by atoms with Gasteiger partial charge < -0.3 is 5.32 Å². The molecule has 11 heavy (non-hydrogen) atoms. The SMILES string of the molecule is CNC(=O)Cc1cccnn1. The van der Waals surface area contributed by atoms with E-state index in [0.29, 0.717) is 12.1 Å². The van der Waals surface area contributed by atoms with E-state index in [1.165, 1.54) is 0 Å². The van der Waals surface area contributed by atoms with Gasteiger partial charge in [0.2, 0.25) is 5.91 Å². The smallest absolute Gasteiger partial charge is 0.225 e. The fraction of sp³-hybridized carbons (Fsp3) is 0.286. The zero-order valence-electron chi connectivity index (χ0n) is 6.24. The summed E-state index contributed by atoms with van der Waals surface area (Å²) in [6.07, 6.45) is 1.87. The number of carbonyl (C=O) groups excluding carboxylic acids is 1. The topological polar surface area (TPSA) is 54.9 Å². The minimum Gasteiger partial charge on any atom is -0.359 e. The second-order valence-corrected chi connectivity index (χ2v) is 2.06. The highest BCUT2D eigenvalue weighted by atomic mass is 16.1. The van der Waals surface area contributed by atoms with Crippen LogP contribution in [0.2, 0.25) is 0 Å². The molecule has 0 saturated heterocycles. The summed E-state index contributed by atoms with van der Waals surface area (Å²) in [7, 11) is 1.60. The van der Waals surface area contributed by atoms with Crippen molar-refractivity contribution in [1.29, 1.82) is 0 Å². The first-order chi connectivity index (χ1) is 5.33. The molecular weight excluding hydrogens is 142 g/mol. The molecule has 1 heterocycles. The van der Waals surface area contributed by atoms with E-state index in [9.17, 15) is 4.79 Å². The first kappa shape index (κ1) is 7.65. The van der Waals surface area contributed by atoms with E-state index in [2.05, 4.69) is 15.5 Å². The molecular formula is C7H9N3O. The fourth-order valence-electron chi connectivity index (χ4n) is 0.681. The lowest BCUT2D eigenvalue weighted by Gasteiger charge is -1.96. The van der Waals surface area contributed by atoms with E-state index in [1.54, 1.807) is 25.4 Å². The van der Waals surface area contributed by atoms with Crippen LogP contribution >= 0.6 is 0 Å². The Morgan fingerprint density at radius 1 is 1.73 bits per heavy atom. The minimum absolute atomic E-state index is 0.0505. The fourth-order valence-corrected chi connectivity index (χ4v) is 0.681. The lowest BCUT2D eigenvalue weighted by molar-refractivity contribution is -0.120. The van der Waals surface area contributed by atoms with E-state index in [1.807, 2.05) is 0 Å². The summed E-state index contributed by atoms with van der Waals surface area (Å²) >= 11 is 0. The van der Waals surface area contributed by atoms with Gasteiger partial charge in [0.25, 0.3) is 0 Å². The summed E-state index contributed by atoms with van der Waals surface area (Å²) in [4.78, 5) is 10.8. The molecule has 0 aromatic carbocycles. The van der Waals surface area contributed by atoms with Crippen LogP contribution in [0.15, 0.2) is 18.3 Å². The average Bonchev–Trinajstić information content (AvgIpc) is 2.06. The van der Waals surface area contributed by atoms with Gasteiger partial charge >= 0.3 is 0 Å². The highest BCUT2D eigenvalue weighted by Gasteiger charge is 1.99. The predicted octanol–water partition coefficient (Wildman–Crippen LogP) is -0.235. The Morgan fingerprint density at radius 2 is 2.55 bits per heavy atom. The van der Waals surface area contributed by atoms with Crippen molar-refractivity contribution in [2.45, 2.75) is 6.42 Å². The quantitative estimate of drug-likeness (QED) is 0.635. The molecule has 1 N–H and O–H groups in total. The highest BCUT2D eigenvalue weighted by Crippen LogP contribution is 1.91. The van der Waals surface area contributed by atoms with E-state index in [4.69, 9.17) is 0 Å². The van der Waals surface area contributed by atoms with E-state index in [-0.39, 0.29) is 5.91 Å². The number of nitrogens with zero attached hydrogens (tertiary/aromatic N) is 2. The predicted molar refractivity (Wildman–Crippen MR) is 39.8 cm³/mol. The average molecular weight is 151 g/mol. The number of hydrogen-bond donors (Lipinski definition) is 1. The van der Waals surface area contributed by atoms with Crippen molar-refractivity contribution >= 4 is 5.91 Å².